The fraction of sp³-hybridized carbons (Fsp3) is 0.520. The van der Waals surface area contributed by atoms with E-state index in [-0.39, 0.29) is 4.90 Å². The number of hydrogen-bond acceptors (Lipinski definition) is 3. The minimum absolute atomic E-state index is 0.0528. The van der Waals surface area contributed by atoms with Gasteiger partial charge in [0.1, 0.15) is 16.4 Å². The molecule has 0 saturated heterocycles. The first-order valence-corrected chi connectivity index (χ1v) is 12.8. The van der Waals surface area contributed by atoms with Crippen molar-refractivity contribution in [2.24, 2.45) is 0 Å². The molecule has 0 aliphatic carbocycles. The van der Waals surface area contributed by atoms with E-state index in [4.69, 9.17) is 4.74 Å². The van der Waals surface area contributed by atoms with Crippen LogP contribution in [-0.2, 0) is 16.5 Å². The Morgan fingerprint density at radius 2 is 1.30 bits per heavy atom. The summed E-state index contributed by atoms with van der Waals surface area (Å²) in [5.74, 6) is 1.13. The summed E-state index contributed by atoms with van der Waals surface area (Å²) in [6.45, 7) is 2.24. The number of ether oxygens (including phenoxy) is 1. The van der Waals surface area contributed by atoms with Gasteiger partial charge in [0.05, 0.1) is 0 Å². The largest absolute Gasteiger partial charge is 0.457 e. The van der Waals surface area contributed by atoms with Crippen molar-refractivity contribution in [1.82, 2.24) is 0 Å². The van der Waals surface area contributed by atoms with Crippen LogP contribution in [0.1, 0.15) is 83.1 Å². The van der Waals surface area contributed by atoms with E-state index >= 15 is 0 Å². The van der Waals surface area contributed by atoms with E-state index in [1.807, 2.05) is 30.3 Å². The summed E-state index contributed by atoms with van der Waals surface area (Å²) in [6.07, 6.45) is 14.1. The first kappa shape index (κ1) is 24.4. The van der Waals surface area contributed by atoms with E-state index in [1.54, 1.807) is 12.1 Å². The topological polar surface area (TPSA) is 63.6 Å². The lowest BCUT2D eigenvalue weighted by molar-refractivity contribution is 0.462. The quantitative estimate of drug-likeness (QED) is 0.233. The molecule has 0 aromatic heterocycles. The summed E-state index contributed by atoms with van der Waals surface area (Å²) >= 11 is 0. The minimum atomic E-state index is -4.29. The lowest BCUT2D eigenvalue weighted by Gasteiger charge is -2.14. The number of hydrogen-bond donors (Lipinski definition) is 1. The zero-order valence-electron chi connectivity index (χ0n) is 18.2. The summed E-state index contributed by atoms with van der Waals surface area (Å²) in [5, 5.41) is 0. The summed E-state index contributed by atoms with van der Waals surface area (Å²) < 4.78 is 39.3. The SMILES string of the molecule is CCCCCCCCCCCCCc1c(Oc2ccccc2)cccc1S(=O)(=O)O. The van der Waals surface area contributed by atoms with Crippen molar-refractivity contribution in [3.8, 4) is 11.5 Å². The molecule has 0 spiro atoms. The maximum atomic E-state index is 11.9. The highest BCUT2D eigenvalue weighted by atomic mass is 32.2. The number of unbranched alkanes of at least 4 members (excludes halogenated alkanes) is 10. The van der Waals surface area contributed by atoms with Crippen LogP contribution in [0, 0.1) is 0 Å². The molecule has 30 heavy (non-hydrogen) atoms. The molecule has 1 N–H and O–H groups in total. The molecule has 0 aliphatic heterocycles. The van der Waals surface area contributed by atoms with E-state index in [9.17, 15) is 13.0 Å². The van der Waals surface area contributed by atoms with Crippen molar-refractivity contribution >= 4 is 10.1 Å². The van der Waals surface area contributed by atoms with Crippen molar-refractivity contribution < 1.29 is 17.7 Å². The smallest absolute Gasteiger partial charge is 0.294 e. The number of para-hydroxylation sites is 1. The van der Waals surface area contributed by atoms with Gasteiger partial charge in [-0.2, -0.15) is 8.42 Å². The monoisotopic (exact) mass is 432 g/mol. The first-order valence-electron chi connectivity index (χ1n) is 11.3. The predicted octanol–water partition coefficient (Wildman–Crippen LogP) is 7.58. The second-order valence-corrected chi connectivity index (χ2v) is 9.30. The maximum Gasteiger partial charge on any atom is 0.294 e. The maximum absolute atomic E-state index is 11.9. The Labute approximate surface area is 182 Å². The third-order valence-corrected chi connectivity index (χ3v) is 6.31. The molecule has 2 aromatic rings. The number of benzene rings is 2. The fourth-order valence-corrected chi connectivity index (χ4v) is 4.48. The molecule has 4 nitrogen and oxygen atoms in total. The van der Waals surface area contributed by atoms with Crippen LogP contribution >= 0.6 is 0 Å². The molecule has 166 valence electrons. The Kier molecular flexibility index (Phi) is 11.0. The predicted molar refractivity (Wildman–Crippen MR) is 123 cm³/mol. The third kappa shape index (κ3) is 8.88. The lowest BCUT2D eigenvalue weighted by atomic mass is 10.0. The Bertz CT molecular complexity index is 831. The highest BCUT2D eigenvalue weighted by Crippen LogP contribution is 2.31. The molecule has 0 amide bonds. The summed E-state index contributed by atoms with van der Waals surface area (Å²) in [6, 6.07) is 14.1. The molecule has 2 rings (SSSR count). The highest BCUT2D eigenvalue weighted by molar-refractivity contribution is 7.85. The summed E-state index contributed by atoms with van der Waals surface area (Å²) in [5.41, 5.74) is 0.555. The molecule has 0 radical (unpaired) electrons. The van der Waals surface area contributed by atoms with Gasteiger partial charge < -0.3 is 4.74 Å². The molecule has 0 aliphatic rings. The molecule has 0 unspecified atom stereocenters. The standard InChI is InChI=1S/C25H36O4S/c1-2-3-4-5-6-7-8-9-10-11-15-19-23-24(29-22-17-13-12-14-18-22)20-16-21-25(23)30(26,27)28/h12-14,16-18,20-21H,2-11,15,19H2,1H3,(H,26,27,28). The Balaban J connectivity index is 1.85. The molecule has 0 atom stereocenters. The summed E-state index contributed by atoms with van der Waals surface area (Å²) in [7, 11) is -4.29. The minimum Gasteiger partial charge on any atom is -0.457 e. The lowest BCUT2D eigenvalue weighted by Crippen LogP contribution is -2.05. The molecule has 0 saturated carbocycles. The van der Waals surface area contributed by atoms with Crippen LogP contribution in [0.4, 0.5) is 0 Å². The van der Waals surface area contributed by atoms with Crippen LogP contribution in [0.15, 0.2) is 53.4 Å². The van der Waals surface area contributed by atoms with Gasteiger partial charge in [-0.05, 0) is 37.1 Å². The van der Waals surface area contributed by atoms with Gasteiger partial charge in [-0.15, -0.1) is 0 Å². The van der Waals surface area contributed by atoms with Gasteiger partial charge in [0.15, 0.2) is 0 Å². The molecule has 5 heteroatoms. The van der Waals surface area contributed by atoms with E-state index < -0.39 is 10.1 Å². The van der Waals surface area contributed by atoms with Gasteiger partial charge in [0.2, 0.25) is 0 Å². The van der Waals surface area contributed by atoms with Gasteiger partial charge in [0, 0.05) is 5.56 Å². The van der Waals surface area contributed by atoms with Gasteiger partial charge in [-0.25, -0.2) is 0 Å². The van der Waals surface area contributed by atoms with E-state index in [0.717, 1.165) is 19.3 Å². The zero-order valence-corrected chi connectivity index (χ0v) is 19.0. The van der Waals surface area contributed by atoms with Crippen LogP contribution in [-0.4, -0.2) is 13.0 Å². The van der Waals surface area contributed by atoms with Crippen molar-refractivity contribution in [1.29, 1.82) is 0 Å². The van der Waals surface area contributed by atoms with E-state index in [0.29, 0.717) is 23.5 Å². The van der Waals surface area contributed by atoms with Crippen LogP contribution in [0.5, 0.6) is 11.5 Å². The van der Waals surface area contributed by atoms with Crippen LogP contribution < -0.4 is 4.74 Å². The van der Waals surface area contributed by atoms with Crippen molar-refractivity contribution in [2.75, 3.05) is 0 Å². The molecular weight excluding hydrogens is 396 g/mol. The molecular formula is C25H36O4S. The van der Waals surface area contributed by atoms with Crippen LogP contribution in [0.3, 0.4) is 0 Å². The van der Waals surface area contributed by atoms with Gasteiger partial charge in [-0.1, -0.05) is 95.4 Å². The first-order chi connectivity index (χ1) is 14.5. The number of rotatable bonds is 15. The van der Waals surface area contributed by atoms with Gasteiger partial charge in [-0.3, -0.25) is 4.55 Å². The normalized spacial score (nSPS) is 11.5. The van der Waals surface area contributed by atoms with Crippen molar-refractivity contribution in [2.45, 2.75) is 88.9 Å². The van der Waals surface area contributed by atoms with Gasteiger partial charge >= 0.3 is 0 Å². The Morgan fingerprint density at radius 1 is 0.733 bits per heavy atom. The molecule has 0 heterocycles. The van der Waals surface area contributed by atoms with Crippen LogP contribution in [0.2, 0.25) is 0 Å². The average molecular weight is 433 g/mol. The summed E-state index contributed by atoms with van der Waals surface area (Å²) in [4.78, 5) is -0.0528. The third-order valence-electron chi connectivity index (χ3n) is 5.37. The zero-order chi connectivity index (χ0) is 21.7. The highest BCUT2D eigenvalue weighted by Gasteiger charge is 2.19. The Hall–Kier alpha value is -1.85. The van der Waals surface area contributed by atoms with E-state index in [1.165, 1.54) is 57.4 Å². The van der Waals surface area contributed by atoms with Crippen LogP contribution in [0.25, 0.3) is 0 Å². The van der Waals surface area contributed by atoms with Crippen molar-refractivity contribution in [3.05, 3.63) is 54.1 Å². The Morgan fingerprint density at radius 3 is 1.87 bits per heavy atom. The second kappa shape index (κ2) is 13.5. The second-order valence-electron chi connectivity index (χ2n) is 7.91. The van der Waals surface area contributed by atoms with Gasteiger partial charge in [0.25, 0.3) is 10.1 Å². The fourth-order valence-electron chi connectivity index (χ4n) is 3.71. The average Bonchev–Trinajstić information content (AvgIpc) is 2.73. The molecule has 0 fully saturated rings. The molecule has 0 bridgehead atoms. The molecule has 2 aromatic carbocycles. The van der Waals surface area contributed by atoms with E-state index in [2.05, 4.69) is 6.92 Å². The van der Waals surface area contributed by atoms with Crippen molar-refractivity contribution in [3.63, 3.8) is 0 Å².